The van der Waals surface area contributed by atoms with E-state index in [0.29, 0.717) is 18.5 Å². The van der Waals surface area contributed by atoms with Crippen molar-refractivity contribution in [3.63, 3.8) is 0 Å². The number of nitrogens with one attached hydrogen (secondary N) is 1. The van der Waals surface area contributed by atoms with Crippen molar-refractivity contribution in [3.05, 3.63) is 65.2 Å². The lowest BCUT2D eigenvalue weighted by atomic mass is 10.1. The van der Waals surface area contributed by atoms with Crippen LogP contribution in [0.5, 0.6) is 5.75 Å². The summed E-state index contributed by atoms with van der Waals surface area (Å²) in [5.74, 6) is 4.99. The van der Waals surface area contributed by atoms with Crippen molar-refractivity contribution >= 4 is 12.1 Å². The Balaban J connectivity index is 1.75. The summed E-state index contributed by atoms with van der Waals surface area (Å²) in [4.78, 5) is 22.9. The number of methoxy groups -OCH3 is 1. The predicted octanol–water partition coefficient (Wildman–Crippen LogP) is 2.85. The number of phenols is 1. The van der Waals surface area contributed by atoms with Crippen LogP contribution < -0.4 is 5.32 Å². The predicted molar refractivity (Wildman–Crippen MR) is 95.6 cm³/mol. The Labute approximate surface area is 151 Å². The van der Waals surface area contributed by atoms with Gasteiger partial charge in [0.2, 0.25) is 0 Å². The highest BCUT2D eigenvalue weighted by atomic mass is 16.5. The molecule has 0 atom stereocenters. The zero-order chi connectivity index (χ0) is 18.8. The first-order valence-electron chi connectivity index (χ1n) is 7.95. The quantitative estimate of drug-likeness (QED) is 0.490. The second-order valence-corrected chi connectivity index (χ2v) is 5.26. The maximum Gasteiger partial charge on any atom is 0.407 e. The lowest BCUT2D eigenvalue weighted by molar-refractivity contribution is 0.0600. The van der Waals surface area contributed by atoms with E-state index in [1.54, 1.807) is 0 Å². The van der Waals surface area contributed by atoms with Gasteiger partial charge in [-0.2, -0.15) is 0 Å². The number of ether oxygens (including phenoxy) is 2. The van der Waals surface area contributed by atoms with E-state index in [0.717, 1.165) is 5.56 Å². The third-order valence-corrected chi connectivity index (χ3v) is 3.37. The molecule has 2 N–H and O–H groups in total. The standard InChI is InChI=1S/C20H19NO5/c1-25-19(23)17-11-10-16(18(22)13-17)9-5-6-12-21-20(24)26-14-15-7-3-2-4-8-15/h2-4,7-8,10-11,13,22H,6,12,14H2,1H3,(H,21,24). The molecule has 0 heterocycles. The van der Waals surface area contributed by atoms with Crippen LogP contribution in [0.25, 0.3) is 0 Å². The number of alkyl carbamates (subject to hydrolysis) is 1. The zero-order valence-corrected chi connectivity index (χ0v) is 14.3. The first-order chi connectivity index (χ1) is 12.6. The molecule has 0 fully saturated rings. The van der Waals surface area contributed by atoms with Gasteiger partial charge in [-0.15, -0.1) is 0 Å². The van der Waals surface area contributed by atoms with E-state index in [1.807, 2.05) is 30.3 Å². The topological polar surface area (TPSA) is 84.9 Å². The molecule has 0 radical (unpaired) electrons. The minimum atomic E-state index is -0.530. The van der Waals surface area contributed by atoms with Gasteiger partial charge in [0.1, 0.15) is 12.4 Å². The largest absolute Gasteiger partial charge is 0.507 e. The third kappa shape index (κ3) is 5.87. The highest BCUT2D eigenvalue weighted by Gasteiger charge is 2.07. The number of esters is 1. The maximum absolute atomic E-state index is 11.6. The number of hydrogen-bond donors (Lipinski definition) is 2. The first kappa shape index (κ1) is 18.9. The number of carbonyl (C=O) groups excluding carboxylic acids is 2. The highest BCUT2D eigenvalue weighted by Crippen LogP contribution is 2.18. The molecule has 2 aromatic rings. The summed E-state index contributed by atoms with van der Waals surface area (Å²) in [6.45, 7) is 0.528. The lowest BCUT2D eigenvalue weighted by Crippen LogP contribution is -2.24. The monoisotopic (exact) mass is 353 g/mol. The second kappa shape index (κ2) is 9.74. The molecular weight excluding hydrogens is 334 g/mol. The summed E-state index contributed by atoms with van der Waals surface area (Å²) in [5, 5.41) is 12.5. The van der Waals surface area contributed by atoms with E-state index in [-0.39, 0.29) is 17.9 Å². The van der Waals surface area contributed by atoms with Gasteiger partial charge in [-0.1, -0.05) is 42.2 Å². The fourth-order valence-electron chi connectivity index (χ4n) is 2.04. The molecule has 6 nitrogen and oxygen atoms in total. The molecule has 0 aromatic heterocycles. The van der Waals surface area contributed by atoms with Gasteiger partial charge in [-0.25, -0.2) is 9.59 Å². The SMILES string of the molecule is COC(=O)c1ccc(C#CCCNC(=O)OCc2ccccc2)c(O)c1. The van der Waals surface area contributed by atoms with Gasteiger partial charge in [-0.05, 0) is 23.8 Å². The number of amides is 1. The Hall–Kier alpha value is -3.46. The average Bonchev–Trinajstić information content (AvgIpc) is 2.67. The molecule has 0 bridgehead atoms. The summed E-state index contributed by atoms with van der Waals surface area (Å²) in [7, 11) is 1.27. The molecule has 0 aliphatic rings. The van der Waals surface area contributed by atoms with E-state index in [9.17, 15) is 14.7 Å². The van der Waals surface area contributed by atoms with Crippen molar-refractivity contribution in [2.75, 3.05) is 13.7 Å². The van der Waals surface area contributed by atoms with Gasteiger partial charge >= 0.3 is 12.1 Å². The summed E-state index contributed by atoms with van der Waals surface area (Å²) in [5.41, 5.74) is 1.55. The van der Waals surface area contributed by atoms with Crippen LogP contribution in [-0.4, -0.2) is 30.8 Å². The lowest BCUT2D eigenvalue weighted by Gasteiger charge is -2.05. The minimum Gasteiger partial charge on any atom is -0.507 e. The van der Waals surface area contributed by atoms with Crippen LogP contribution in [0.2, 0.25) is 0 Å². The second-order valence-electron chi connectivity index (χ2n) is 5.26. The van der Waals surface area contributed by atoms with Gasteiger partial charge in [0, 0.05) is 13.0 Å². The van der Waals surface area contributed by atoms with Gasteiger partial charge in [0.05, 0.1) is 18.2 Å². The average molecular weight is 353 g/mol. The number of phenolic OH excluding ortho intramolecular Hbond substituents is 1. The molecule has 134 valence electrons. The Morgan fingerprint density at radius 2 is 1.92 bits per heavy atom. The molecule has 0 unspecified atom stereocenters. The Kier molecular flexibility index (Phi) is 7.07. The molecule has 0 spiro atoms. The molecule has 1 amide bonds. The van der Waals surface area contributed by atoms with E-state index >= 15 is 0 Å². The van der Waals surface area contributed by atoms with Crippen LogP contribution in [0.15, 0.2) is 48.5 Å². The number of carbonyl (C=O) groups is 2. The van der Waals surface area contributed by atoms with E-state index in [4.69, 9.17) is 4.74 Å². The molecule has 0 saturated heterocycles. The maximum atomic E-state index is 11.6. The molecule has 0 saturated carbocycles. The summed E-state index contributed by atoms with van der Waals surface area (Å²) in [6, 6.07) is 13.7. The van der Waals surface area contributed by atoms with Crippen molar-refractivity contribution in [1.29, 1.82) is 0 Å². The highest BCUT2D eigenvalue weighted by molar-refractivity contribution is 5.90. The third-order valence-electron chi connectivity index (χ3n) is 3.37. The fraction of sp³-hybridized carbons (Fsp3) is 0.200. The molecule has 6 heteroatoms. The van der Waals surface area contributed by atoms with E-state index < -0.39 is 12.1 Å². The Bertz CT molecular complexity index is 821. The smallest absolute Gasteiger partial charge is 0.407 e. The van der Waals surface area contributed by atoms with Gasteiger partial charge in [-0.3, -0.25) is 0 Å². The first-order valence-corrected chi connectivity index (χ1v) is 7.95. The normalized spacial score (nSPS) is 9.58. The van der Waals surface area contributed by atoms with Crippen LogP contribution in [-0.2, 0) is 16.1 Å². The Morgan fingerprint density at radius 3 is 2.62 bits per heavy atom. The summed E-state index contributed by atoms with van der Waals surface area (Å²) >= 11 is 0. The summed E-state index contributed by atoms with van der Waals surface area (Å²) < 4.78 is 9.65. The molecular formula is C20H19NO5. The zero-order valence-electron chi connectivity index (χ0n) is 14.3. The Morgan fingerprint density at radius 1 is 1.15 bits per heavy atom. The summed E-state index contributed by atoms with van der Waals surface area (Å²) in [6.07, 6.45) is -0.125. The van der Waals surface area contributed by atoms with Crippen molar-refractivity contribution in [2.45, 2.75) is 13.0 Å². The number of hydrogen-bond acceptors (Lipinski definition) is 5. The molecule has 2 aromatic carbocycles. The molecule has 0 aliphatic heterocycles. The fourth-order valence-corrected chi connectivity index (χ4v) is 2.04. The van der Waals surface area contributed by atoms with Crippen molar-refractivity contribution in [2.24, 2.45) is 0 Å². The van der Waals surface area contributed by atoms with Crippen LogP contribution in [0.1, 0.15) is 27.9 Å². The molecule has 2 rings (SSSR count). The van der Waals surface area contributed by atoms with E-state index in [2.05, 4.69) is 21.9 Å². The van der Waals surface area contributed by atoms with Crippen LogP contribution in [0, 0.1) is 11.8 Å². The minimum absolute atomic E-state index is 0.101. The van der Waals surface area contributed by atoms with E-state index in [1.165, 1.54) is 25.3 Å². The van der Waals surface area contributed by atoms with Crippen molar-refractivity contribution < 1.29 is 24.2 Å². The van der Waals surface area contributed by atoms with Crippen LogP contribution >= 0.6 is 0 Å². The van der Waals surface area contributed by atoms with Crippen LogP contribution in [0.4, 0.5) is 4.79 Å². The number of aromatic hydroxyl groups is 1. The van der Waals surface area contributed by atoms with Crippen molar-refractivity contribution in [1.82, 2.24) is 5.32 Å². The van der Waals surface area contributed by atoms with Crippen molar-refractivity contribution in [3.8, 4) is 17.6 Å². The van der Waals surface area contributed by atoms with Gasteiger partial charge in [0.25, 0.3) is 0 Å². The molecule has 26 heavy (non-hydrogen) atoms. The number of rotatable bonds is 5. The van der Waals surface area contributed by atoms with Gasteiger partial charge < -0.3 is 19.9 Å². The number of benzene rings is 2. The van der Waals surface area contributed by atoms with Gasteiger partial charge in [0.15, 0.2) is 0 Å². The van der Waals surface area contributed by atoms with Crippen LogP contribution in [0.3, 0.4) is 0 Å². The molecule has 0 aliphatic carbocycles.